The van der Waals surface area contributed by atoms with E-state index in [1.165, 1.54) is 18.1 Å². The molecule has 1 heterocycles. The number of ether oxygens (including phenoxy) is 1. The maximum Gasteiger partial charge on any atom is 0.337 e. The number of carbonyl (C=O) groups excluding carboxylic acids is 2. The van der Waals surface area contributed by atoms with E-state index in [4.69, 9.17) is 9.84 Å². The highest BCUT2D eigenvalue weighted by Crippen LogP contribution is 2.34. The molecule has 1 aliphatic heterocycles. The van der Waals surface area contributed by atoms with Gasteiger partial charge in [-0.2, -0.15) is 0 Å². The molecule has 26 heavy (non-hydrogen) atoms. The second-order valence-electron chi connectivity index (χ2n) is 6.99. The van der Waals surface area contributed by atoms with Crippen LogP contribution < -0.4 is 5.32 Å². The van der Waals surface area contributed by atoms with Gasteiger partial charge in [0.15, 0.2) is 0 Å². The predicted octanol–water partition coefficient (Wildman–Crippen LogP) is 2.56. The molecule has 6 nitrogen and oxygen atoms in total. The van der Waals surface area contributed by atoms with Crippen LogP contribution in [0.2, 0.25) is 0 Å². The molecule has 1 aromatic carbocycles. The molecule has 0 saturated heterocycles. The SMILES string of the molecule is COC(=O)C1=C(Nc2c(F)cc(C(C)(C)C)cc2Br)C(=O)N(CCO)C1. The quantitative estimate of drug-likeness (QED) is 0.704. The van der Waals surface area contributed by atoms with Gasteiger partial charge in [-0.3, -0.25) is 4.79 Å². The van der Waals surface area contributed by atoms with Crippen molar-refractivity contribution in [1.29, 1.82) is 0 Å². The van der Waals surface area contributed by atoms with Crippen LogP contribution >= 0.6 is 15.9 Å². The fourth-order valence-corrected chi connectivity index (χ4v) is 3.13. The molecule has 1 aromatic rings. The smallest absolute Gasteiger partial charge is 0.337 e. The Kier molecular flexibility index (Phi) is 6.08. The van der Waals surface area contributed by atoms with Crippen LogP contribution in [0.3, 0.4) is 0 Å². The zero-order valence-electron chi connectivity index (χ0n) is 15.2. The number of nitrogens with one attached hydrogen (secondary N) is 1. The maximum absolute atomic E-state index is 14.7. The summed E-state index contributed by atoms with van der Waals surface area (Å²) in [7, 11) is 1.21. The Morgan fingerprint density at radius 1 is 1.42 bits per heavy atom. The second-order valence-corrected chi connectivity index (χ2v) is 7.84. The number of esters is 1. The number of aliphatic hydroxyl groups excluding tert-OH is 1. The van der Waals surface area contributed by atoms with E-state index in [0.29, 0.717) is 4.47 Å². The van der Waals surface area contributed by atoms with E-state index >= 15 is 0 Å². The summed E-state index contributed by atoms with van der Waals surface area (Å²) in [5.41, 5.74) is 0.646. The molecule has 0 spiro atoms. The first-order valence-corrected chi connectivity index (χ1v) is 8.87. The lowest BCUT2D eigenvalue weighted by Gasteiger charge is -2.21. The molecule has 1 amide bonds. The Morgan fingerprint density at radius 2 is 2.08 bits per heavy atom. The number of hydrogen-bond acceptors (Lipinski definition) is 5. The standard InChI is InChI=1S/C18H22BrFN2O4/c1-18(2,3)10-7-12(19)15(13(20)8-10)21-14-11(17(25)26-4)9-22(5-6-23)16(14)24/h7-8,21,23H,5-6,9H2,1-4H3. The van der Waals surface area contributed by atoms with E-state index < -0.39 is 17.7 Å². The van der Waals surface area contributed by atoms with Gasteiger partial charge >= 0.3 is 5.97 Å². The van der Waals surface area contributed by atoms with Gasteiger partial charge in [-0.15, -0.1) is 0 Å². The van der Waals surface area contributed by atoms with Gasteiger partial charge in [0.05, 0.1) is 31.5 Å². The Bertz CT molecular complexity index is 748. The molecule has 8 heteroatoms. The third-order valence-corrected chi connectivity index (χ3v) is 4.74. The second kappa shape index (κ2) is 7.75. The molecule has 0 bridgehead atoms. The first-order chi connectivity index (χ1) is 12.1. The summed E-state index contributed by atoms with van der Waals surface area (Å²) in [5.74, 6) is -1.72. The topological polar surface area (TPSA) is 78.9 Å². The van der Waals surface area contributed by atoms with Gasteiger partial charge in [-0.05, 0) is 39.0 Å². The van der Waals surface area contributed by atoms with Crippen molar-refractivity contribution in [2.45, 2.75) is 26.2 Å². The number of anilines is 1. The Balaban J connectivity index is 2.44. The first-order valence-electron chi connectivity index (χ1n) is 8.08. The largest absolute Gasteiger partial charge is 0.466 e. The van der Waals surface area contributed by atoms with Gasteiger partial charge < -0.3 is 20.1 Å². The van der Waals surface area contributed by atoms with Crippen LogP contribution in [0.15, 0.2) is 27.9 Å². The molecule has 0 saturated carbocycles. The third-order valence-electron chi connectivity index (χ3n) is 4.11. The van der Waals surface area contributed by atoms with Crippen LogP contribution in [0.4, 0.5) is 10.1 Å². The molecular weight excluding hydrogens is 407 g/mol. The number of aliphatic hydroxyl groups is 1. The van der Waals surface area contributed by atoms with Crippen LogP contribution in [0.1, 0.15) is 26.3 Å². The average Bonchev–Trinajstić information content (AvgIpc) is 2.86. The van der Waals surface area contributed by atoms with Crippen molar-refractivity contribution in [3.63, 3.8) is 0 Å². The monoisotopic (exact) mass is 428 g/mol. The van der Waals surface area contributed by atoms with Crippen LogP contribution in [0.5, 0.6) is 0 Å². The van der Waals surface area contributed by atoms with Gasteiger partial charge in [-0.25, -0.2) is 9.18 Å². The number of benzene rings is 1. The minimum Gasteiger partial charge on any atom is -0.466 e. The minimum atomic E-state index is -0.677. The number of carbonyl (C=O) groups is 2. The van der Waals surface area contributed by atoms with Crippen LogP contribution in [-0.4, -0.2) is 48.7 Å². The van der Waals surface area contributed by atoms with Crippen molar-refractivity contribution >= 4 is 33.5 Å². The van der Waals surface area contributed by atoms with Gasteiger partial charge in [0.2, 0.25) is 0 Å². The van der Waals surface area contributed by atoms with Crippen LogP contribution in [-0.2, 0) is 19.7 Å². The number of halogens is 2. The summed E-state index contributed by atoms with van der Waals surface area (Å²) in [6.07, 6.45) is 0. The molecule has 2 rings (SSSR count). The van der Waals surface area contributed by atoms with E-state index in [9.17, 15) is 14.0 Å². The molecule has 0 fully saturated rings. The highest BCUT2D eigenvalue weighted by atomic mass is 79.9. The van der Waals surface area contributed by atoms with Crippen molar-refractivity contribution < 1.29 is 23.8 Å². The number of rotatable bonds is 5. The zero-order valence-corrected chi connectivity index (χ0v) is 16.7. The molecule has 0 unspecified atom stereocenters. The van der Waals surface area contributed by atoms with E-state index in [1.807, 2.05) is 20.8 Å². The van der Waals surface area contributed by atoms with Gasteiger partial charge in [0, 0.05) is 11.0 Å². The summed E-state index contributed by atoms with van der Waals surface area (Å²) in [6, 6.07) is 3.17. The summed E-state index contributed by atoms with van der Waals surface area (Å²) < 4.78 is 19.8. The Labute approximate surface area is 160 Å². The Morgan fingerprint density at radius 3 is 2.58 bits per heavy atom. The fraction of sp³-hybridized carbons (Fsp3) is 0.444. The average molecular weight is 429 g/mol. The molecule has 1 aliphatic rings. The molecule has 0 radical (unpaired) electrons. The molecule has 0 atom stereocenters. The zero-order chi connectivity index (χ0) is 19.6. The fourth-order valence-electron chi connectivity index (χ4n) is 2.60. The van der Waals surface area contributed by atoms with Crippen molar-refractivity contribution in [1.82, 2.24) is 4.90 Å². The van der Waals surface area contributed by atoms with Crippen molar-refractivity contribution in [3.05, 3.63) is 39.3 Å². The van der Waals surface area contributed by atoms with Crippen molar-refractivity contribution in [3.8, 4) is 0 Å². The Hall–Kier alpha value is -1.93. The maximum atomic E-state index is 14.7. The summed E-state index contributed by atoms with van der Waals surface area (Å²) in [5, 5.41) is 11.8. The van der Waals surface area contributed by atoms with Crippen LogP contribution in [0, 0.1) is 5.82 Å². The number of amides is 1. The van der Waals surface area contributed by atoms with E-state index in [1.54, 1.807) is 6.07 Å². The van der Waals surface area contributed by atoms with E-state index in [2.05, 4.69) is 21.2 Å². The normalized spacial score (nSPS) is 14.9. The molecule has 2 N–H and O–H groups in total. The highest BCUT2D eigenvalue weighted by Gasteiger charge is 2.35. The van der Waals surface area contributed by atoms with Crippen molar-refractivity contribution in [2.24, 2.45) is 0 Å². The number of β-amino-alcohol motifs (C(OH)–C–C–N with tert-alkyl or cyclic N) is 1. The third kappa shape index (κ3) is 4.07. The van der Waals surface area contributed by atoms with Crippen LogP contribution in [0.25, 0.3) is 0 Å². The van der Waals surface area contributed by atoms with Gasteiger partial charge in [-0.1, -0.05) is 20.8 Å². The van der Waals surface area contributed by atoms with Crippen molar-refractivity contribution in [2.75, 3.05) is 32.1 Å². The molecule has 0 aromatic heterocycles. The number of nitrogens with zero attached hydrogens (tertiary/aromatic N) is 1. The summed E-state index contributed by atoms with van der Waals surface area (Å²) >= 11 is 3.33. The molecule has 142 valence electrons. The lowest BCUT2D eigenvalue weighted by Crippen LogP contribution is -2.31. The van der Waals surface area contributed by atoms with E-state index in [-0.39, 0.29) is 42.1 Å². The number of methoxy groups -OCH3 is 1. The minimum absolute atomic E-state index is 0.00624. The summed E-state index contributed by atoms with van der Waals surface area (Å²) in [4.78, 5) is 25.8. The molecule has 0 aliphatic carbocycles. The first kappa shape index (κ1) is 20.4. The van der Waals surface area contributed by atoms with E-state index in [0.717, 1.165) is 5.56 Å². The lowest BCUT2D eigenvalue weighted by molar-refractivity contribution is -0.136. The van der Waals surface area contributed by atoms with Gasteiger partial charge in [0.25, 0.3) is 5.91 Å². The number of hydrogen-bond donors (Lipinski definition) is 2. The summed E-state index contributed by atoms with van der Waals surface area (Å²) in [6.45, 7) is 5.71. The highest BCUT2D eigenvalue weighted by molar-refractivity contribution is 9.10. The molecular formula is C18H22BrFN2O4. The predicted molar refractivity (Wildman–Crippen MR) is 99.1 cm³/mol. The lowest BCUT2D eigenvalue weighted by atomic mass is 9.87. The van der Waals surface area contributed by atoms with Gasteiger partial charge in [0.1, 0.15) is 11.5 Å².